The van der Waals surface area contributed by atoms with Gasteiger partial charge in [-0.2, -0.15) is 0 Å². The Morgan fingerprint density at radius 1 is 1.16 bits per heavy atom. The zero-order valence-corrected chi connectivity index (χ0v) is 13.8. The van der Waals surface area contributed by atoms with E-state index in [1.807, 2.05) is 42.5 Å². The van der Waals surface area contributed by atoms with Crippen LogP contribution in [0.25, 0.3) is 11.0 Å². The van der Waals surface area contributed by atoms with Gasteiger partial charge in [-0.05, 0) is 43.0 Å². The molecule has 2 aromatic heterocycles. The van der Waals surface area contributed by atoms with Gasteiger partial charge in [0, 0.05) is 24.7 Å². The van der Waals surface area contributed by atoms with Crippen molar-refractivity contribution < 1.29 is 14.3 Å². The molecule has 1 atom stereocenters. The highest BCUT2D eigenvalue weighted by Gasteiger charge is 2.30. The summed E-state index contributed by atoms with van der Waals surface area (Å²) in [6.07, 6.45) is 2.62. The molecule has 1 saturated heterocycles. The number of carbonyl (C=O) groups excluding carboxylic acids is 1. The standard InChI is InChI=1S/C20H20N2O3/c23-19(16-6-3-4-10-21-16)14-8-11-22(12-9-14)20(24)18-13-15-5-1-2-7-17(15)25-18/h1-7,10,13-14,19,23H,8-9,11-12H2. The maximum absolute atomic E-state index is 12.7. The van der Waals surface area contributed by atoms with Crippen LogP contribution in [0.4, 0.5) is 0 Å². The Balaban J connectivity index is 1.42. The van der Waals surface area contributed by atoms with E-state index in [1.165, 1.54) is 0 Å². The number of likely N-dealkylation sites (tertiary alicyclic amines) is 1. The van der Waals surface area contributed by atoms with Crippen molar-refractivity contribution >= 4 is 16.9 Å². The number of amides is 1. The highest BCUT2D eigenvalue weighted by atomic mass is 16.3. The van der Waals surface area contributed by atoms with Crippen molar-refractivity contribution in [3.05, 3.63) is 66.2 Å². The lowest BCUT2D eigenvalue weighted by atomic mass is 9.89. The summed E-state index contributed by atoms with van der Waals surface area (Å²) in [5, 5.41) is 11.4. The Morgan fingerprint density at radius 3 is 2.64 bits per heavy atom. The summed E-state index contributed by atoms with van der Waals surface area (Å²) in [4.78, 5) is 18.7. The molecule has 0 bridgehead atoms. The molecule has 5 heteroatoms. The Morgan fingerprint density at radius 2 is 1.92 bits per heavy atom. The fourth-order valence-electron chi connectivity index (χ4n) is 3.45. The number of para-hydroxylation sites is 1. The summed E-state index contributed by atoms with van der Waals surface area (Å²) in [7, 11) is 0. The summed E-state index contributed by atoms with van der Waals surface area (Å²) in [6, 6.07) is 15.0. The number of piperidine rings is 1. The minimum atomic E-state index is -0.579. The molecule has 128 valence electrons. The molecule has 5 nitrogen and oxygen atoms in total. The number of pyridine rings is 1. The van der Waals surface area contributed by atoms with Crippen LogP contribution < -0.4 is 0 Å². The van der Waals surface area contributed by atoms with E-state index < -0.39 is 6.10 Å². The molecular weight excluding hydrogens is 316 g/mol. The number of fused-ring (bicyclic) bond motifs is 1. The molecule has 25 heavy (non-hydrogen) atoms. The lowest BCUT2D eigenvalue weighted by Gasteiger charge is -2.33. The van der Waals surface area contributed by atoms with E-state index in [0.717, 1.165) is 23.8 Å². The van der Waals surface area contributed by atoms with E-state index >= 15 is 0 Å². The van der Waals surface area contributed by atoms with Crippen molar-refractivity contribution in [1.82, 2.24) is 9.88 Å². The molecule has 0 saturated carbocycles. The SMILES string of the molecule is O=C(c1cc2ccccc2o1)N1CCC(C(O)c2ccccn2)CC1. The maximum Gasteiger partial charge on any atom is 0.289 e. The largest absolute Gasteiger partial charge is 0.451 e. The molecule has 1 aliphatic heterocycles. The fraction of sp³-hybridized carbons (Fsp3) is 0.300. The number of aromatic nitrogens is 1. The topological polar surface area (TPSA) is 66.6 Å². The Kier molecular flexibility index (Phi) is 4.24. The molecule has 0 spiro atoms. The molecule has 1 unspecified atom stereocenters. The van der Waals surface area contributed by atoms with Gasteiger partial charge in [-0.1, -0.05) is 24.3 Å². The second kappa shape index (κ2) is 6.69. The van der Waals surface area contributed by atoms with E-state index in [-0.39, 0.29) is 11.8 Å². The third kappa shape index (κ3) is 3.15. The zero-order valence-electron chi connectivity index (χ0n) is 13.8. The molecule has 0 aliphatic carbocycles. The van der Waals surface area contributed by atoms with Gasteiger partial charge in [0.25, 0.3) is 5.91 Å². The zero-order chi connectivity index (χ0) is 17.2. The van der Waals surface area contributed by atoms with Crippen molar-refractivity contribution in [2.45, 2.75) is 18.9 Å². The highest BCUT2D eigenvalue weighted by molar-refractivity contribution is 5.96. The molecule has 1 N–H and O–H groups in total. The van der Waals surface area contributed by atoms with Crippen molar-refractivity contribution in [3.8, 4) is 0 Å². The molecule has 0 radical (unpaired) electrons. The molecule has 1 fully saturated rings. The molecule has 4 rings (SSSR count). The van der Waals surface area contributed by atoms with Crippen LogP contribution in [0.2, 0.25) is 0 Å². The second-order valence-corrected chi connectivity index (χ2v) is 6.48. The van der Waals surface area contributed by atoms with Gasteiger partial charge >= 0.3 is 0 Å². The Hall–Kier alpha value is -2.66. The summed E-state index contributed by atoms with van der Waals surface area (Å²) in [5.41, 5.74) is 1.43. The van der Waals surface area contributed by atoms with Crippen molar-refractivity contribution in [1.29, 1.82) is 0 Å². The van der Waals surface area contributed by atoms with Gasteiger partial charge in [-0.25, -0.2) is 0 Å². The summed E-state index contributed by atoms with van der Waals surface area (Å²) >= 11 is 0. The average molecular weight is 336 g/mol. The number of rotatable bonds is 3. The van der Waals surface area contributed by atoms with Gasteiger partial charge in [0.1, 0.15) is 5.58 Å². The van der Waals surface area contributed by atoms with Crippen molar-refractivity contribution in [3.63, 3.8) is 0 Å². The van der Waals surface area contributed by atoms with E-state index in [2.05, 4.69) is 4.98 Å². The van der Waals surface area contributed by atoms with E-state index in [0.29, 0.717) is 24.5 Å². The van der Waals surface area contributed by atoms with Gasteiger partial charge in [-0.15, -0.1) is 0 Å². The van der Waals surface area contributed by atoms with Gasteiger partial charge in [0.15, 0.2) is 5.76 Å². The quantitative estimate of drug-likeness (QED) is 0.796. The molecule has 1 aliphatic rings. The highest BCUT2D eigenvalue weighted by Crippen LogP contribution is 2.30. The van der Waals surface area contributed by atoms with E-state index in [1.54, 1.807) is 17.2 Å². The van der Waals surface area contributed by atoms with E-state index in [9.17, 15) is 9.90 Å². The van der Waals surface area contributed by atoms with Gasteiger partial charge in [-0.3, -0.25) is 9.78 Å². The number of nitrogens with zero attached hydrogens (tertiary/aromatic N) is 2. The van der Waals surface area contributed by atoms with Crippen LogP contribution in [-0.4, -0.2) is 34.0 Å². The predicted octanol–water partition coefficient (Wildman–Crippen LogP) is 3.41. The van der Waals surface area contributed by atoms with Gasteiger partial charge in [0.05, 0.1) is 11.8 Å². The number of aliphatic hydroxyl groups excluding tert-OH is 1. The minimum Gasteiger partial charge on any atom is -0.451 e. The van der Waals surface area contributed by atoms with Crippen LogP contribution in [0, 0.1) is 5.92 Å². The molecule has 1 amide bonds. The first-order valence-corrected chi connectivity index (χ1v) is 8.59. The number of benzene rings is 1. The lowest BCUT2D eigenvalue weighted by Crippen LogP contribution is -2.39. The summed E-state index contributed by atoms with van der Waals surface area (Å²) in [6.45, 7) is 1.23. The summed E-state index contributed by atoms with van der Waals surface area (Å²) in [5.74, 6) is 0.418. The van der Waals surface area contributed by atoms with Crippen LogP contribution in [0.3, 0.4) is 0 Å². The van der Waals surface area contributed by atoms with Crippen LogP contribution >= 0.6 is 0 Å². The first-order chi connectivity index (χ1) is 12.2. The fourth-order valence-corrected chi connectivity index (χ4v) is 3.45. The number of furan rings is 1. The smallest absolute Gasteiger partial charge is 0.289 e. The second-order valence-electron chi connectivity index (χ2n) is 6.48. The van der Waals surface area contributed by atoms with Crippen LogP contribution in [0.15, 0.2) is 59.1 Å². The first-order valence-electron chi connectivity index (χ1n) is 8.59. The number of hydrogen-bond donors (Lipinski definition) is 1. The first kappa shape index (κ1) is 15.8. The van der Waals surface area contributed by atoms with Crippen molar-refractivity contribution in [2.75, 3.05) is 13.1 Å². The monoisotopic (exact) mass is 336 g/mol. The molecule has 1 aromatic carbocycles. The Labute approximate surface area is 145 Å². The number of carbonyl (C=O) groups is 1. The van der Waals surface area contributed by atoms with Crippen LogP contribution in [-0.2, 0) is 0 Å². The van der Waals surface area contributed by atoms with Crippen LogP contribution in [0.1, 0.15) is 35.2 Å². The number of aliphatic hydroxyl groups is 1. The lowest BCUT2D eigenvalue weighted by molar-refractivity contribution is 0.0430. The van der Waals surface area contributed by atoms with Gasteiger partial charge in [0.2, 0.25) is 0 Å². The molecule has 3 heterocycles. The van der Waals surface area contributed by atoms with Gasteiger partial charge < -0.3 is 14.4 Å². The predicted molar refractivity (Wildman–Crippen MR) is 94.0 cm³/mol. The minimum absolute atomic E-state index is 0.0815. The average Bonchev–Trinajstić information content (AvgIpc) is 3.12. The third-order valence-electron chi connectivity index (χ3n) is 4.90. The molecular formula is C20H20N2O3. The molecule has 3 aromatic rings. The summed E-state index contributed by atoms with van der Waals surface area (Å²) < 4.78 is 5.68. The van der Waals surface area contributed by atoms with Crippen LogP contribution in [0.5, 0.6) is 0 Å². The van der Waals surface area contributed by atoms with E-state index in [4.69, 9.17) is 4.42 Å². The van der Waals surface area contributed by atoms with Crippen molar-refractivity contribution in [2.24, 2.45) is 5.92 Å². The Bertz CT molecular complexity index is 834. The maximum atomic E-state index is 12.7. The number of hydrogen-bond acceptors (Lipinski definition) is 4. The third-order valence-corrected chi connectivity index (χ3v) is 4.90. The normalized spacial score (nSPS) is 16.9.